The van der Waals surface area contributed by atoms with Crippen molar-refractivity contribution in [3.05, 3.63) is 71.3 Å². The van der Waals surface area contributed by atoms with Gasteiger partial charge in [-0.05, 0) is 35.9 Å². The number of amides is 1. The molecule has 1 saturated heterocycles. The SMILES string of the molecule is C=C(F)C(=O)N1CC(n2nc(C=Cc3ccc(Cl)cc3)c3cccnc32)C1. The lowest BCUT2D eigenvalue weighted by molar-refractivity contribution is -0.134. The van der Waals surface area contributed by atoms with Crippen molar-refractivity contribution < 1.29 is 9.18 Å². The van der Waals surface area contributed by atoms with Crippen molar-refractivity contribution in [2.75, 3.05) is 13.1 Å². The second-order valence-corrected chi connectivity index (χ2v) is 6.79. The first-order valence-corrected chi connectivity index (χ1v) is 8.81. The summed E-state index contributed by atoms with van der Waals surface area (Å²) in [6.07, 6.45) is 5.59. The second-order valence-electron chi connectivity index (χ2n) is 6.36. The highest BCUT2D eigenvalue weighted by molar-refractivity contribution is 6.30. The van der Waals surface area contributed by atoms with Crippen LogP contribution in [0.5, 0.6) is 0 Å². The largest absolute Gasteiger partial charge is 0.332 e. The van der Waals surface area contributed by atoms with Gasteiger partial charge in [-0.3, -0.25) is 4.79 Å². The fraction of sp³-hybridized carbons (Fsp3) is 0.150. The number of rotatable bonds is 4. The third-order valence-corrected chi connectivity index (χ3v) is 4.78. The predicted molar refractivity (Wildman–Crippen MR) is 104 cm³/mol. The Morgan fingerprint density at radius 3 is 2.67 bits per heavy atom. The van der Waals surface area contributed by atoms with Gasteiger partial charge in [0.2, 0.25) is 0 Å². The number of carbonyl (C=O) groups is 1. The minimum Gasteiger partial charge on any atom is -0.332 e. The summed E-state index contributed by atoms with van der Waals surface area (Å²) in [5, 5.41) is 6.27. The Bertz CT molecular complexity index is 1050. The molecular formula is C20H16ClFN4O. The zero-order chi connectivity index (χ0) is 19.0. The highest BCUT2D eigenvalue weighted by atomic mass is 35.5. The van der Waals surface area contributed by atoms with E-state index in [2.05, 4.69) is 16.7 Å². The number of benzene rings is 1. The molecule has 4 rings (SSSR count). The molecule has 0 radical (unpaired) electrons. The molecule has 7 heteroatoms. The monoisotopic (exact) mass is 382 g/mol. The van der Waals surface area contributed by atoms with Crippen LogP contribution in [-0.4, -0.2) is 38.7 Å². The summed E-state index contributed by atoms with van der Waals surface area (Å²) in [6.45, 7) is 3.83. The van der Waals surface area contributed by atoms with Crippen LogP contribution in [-0.2, 0) is 4.79 Å². The van der Waals surface area contributed by atoms with E-state index in [4.69, 9.17) is 11.6 Å². The first-order valence-electron chi connectivity index (χ1n) is 8.43. The molecule has 1 aliphatic heterocycles. The molecule has 5 nitrogen and oxygen atoms in total. The second kappa shape index (κ2) is 6.96. The normalized spacial score (nSPS) is 14.7. The van der Waals surface area contributed by atoms with E-state index in [1.165, 1.54) is 4.90 Å². The lowest BCUT2D eigenvalue weighted by Gasteiger charge is -2.38. The van der Waals surface area contributed by atoms with Gasteiger partial charge in [0.15, 0.2) is 11.5 Å². The van der Waals surface area contributed by atoms with Crippen LogP contribution in [0, 0.1) is 0 Å². The molecule has 27 heavy (non-hydrogen) atoms. The fourth-order valence-corrected chi connectivity index (χ4v) is 3.20. The fourth-order valence-electron chi connectivity index (χ4n) is 3.07. The number of likely N-dealkylation sites (tertiary alicyclic amines) is 1. The number of halogens is 2. The van der Waals surface area contributed by atoms with Crippen molar-refractivity contribution in [3.8, 4) is 0 Å². The molecule has 0 bridgehead atoms. The van der Waals surface area contributed by atoms with Crippen LogP contribution in [0.3, 0.4) is 0 Å². The molecule has 0 saturated carbocycles. The van der Waals surface area contributed by atoms with Crippen LogP contribution >= 0.6 is 11.6 Å². The Kier molecular flexibility index (Phi) is 4.49. The highest BCUT2D eigenvalue weighted by Crippen LogP contribution is 2.28. The minimum atomic E-state index is -0.941. The van der Waals surface area contributed by atoms with Gasteiger partial charge < -0.3 is 4.90 Å². The predicted octanol–water partition coefficient (Wildman–Crippen LogP) is 4.12. The Balaban J connectivity index is 1.61. The lowest BCUT2D eigenvalue weighted by Crippen LogP contribution is -2.51. The molecule has 0 aliphatic carbocycles. The van der Waals surface area contributed by atoms with Gasteiger partial charge in [-0.1, -0.05) is 36.4 Å². The zero-order valence-electron chi connectivity index (χ0n) is 14.3. The van der Waals surface area contributed by atoms with Crippen molar-refractivity contribution in [2.45, 2.75) is 6.04 Å². The summed E-state index contributed by atoms with van der Waals surface area (Å²) < 4.78 is 14.8. The maximum Gasteiger partial charge on any atom is 0.282 e. The number of fused-ring (bicyclic) bond motifs is 1. The van der Waals surface area contributed by atoms with E-state index in [1.54, 1.807) is 6.20 Å². The molecule has 3 heterocycles. The zero-order valence-corrected chi connectivity index (χ0v) is 15.1. The van der Waals surface area contributed by atoms with E-state index in [9.17, 15) is 9.18 Å². The number of carbonyl (C=O) groups excluding carboxylic acids is 1. The van der Waals surface area contributed by atoms with Crippen molar-refractivity contribution >= 4 is 40.7 Å². The van der Waals surface area contributed by atoms with Crippen molar-refractivity contribution in [1.82, 2.24) is 19.7 Å². The van der Waals surface area contributed by atoms with Crippen LogP contribution in [0.4, 0.5) is 4.39 Å². The molecule has 1 aromatic carbocycles. The standard InChI is InChI=1S/C20H16ClFN4O/c1-13(22)20(27)25-11-16(12-25)26-19-17(3-2-10-23-19)18(24-26)9-6-14-4-7-15(21)8-5-14/h2-10,16H,1,11-12H2. The van der Waals surface area contributed by atoms with Crippen LogP contribution in [0.15, 0.2) is 55.0 Å². The van der Waals surface area contributed by atoms with Crippen LogP contribution in [0.1, 0.15) is 17.3 Å². The molecule has 0 spiro atoms. The van der Waals surface area contributed by atoms with E-state index in [0.29, 0.717) is 18.1 Å². The van der Waals surface area contributed by atoms with Crippen LogP contribution < -0.4 is 0 Å². The molecule has 0 N–H and O–H groups in total. The maximum atomic E-state index is 13.0. The van der Waals surface area contributed by atoms with Gasteiger partial charge in [-0.2, -0.15) is 5.10 Å². The van der Waals surface area contributed by atoms with Crippen LogP contribution in [0.25, 0.3) is 23.2 Å². The molecule has 136 valence electrons. The Labute approximate surface area is 160 Å². The van der Waals surface area contributed by atoms with Crippen LogP contribution in [0.2, 0.25) is 5.02 Å². The van der Waals surface area contributed by atoms with Gasteiger partial charge in [0.1, 0.15) is 0 Å². The summed E-state index contributed by atoms with van der Waals surface area (Å²) in [7, 11) is 0. The summed E-state index contributed by atoms with van der Waals surface area (Å²) in [5.74, 6) is -1.61. The van der Waals surface area contributed by atoms with E-state index in [-0.39, 0.29) is 6.04 Å². The van der Waals surface area contributed by atoms with E-state index >= 15 is 0 Å². The topological polar surface area (TPSA) is 51.0 Å². The average Bonchev–Trinajstić information content (AvgIpc) is 2.98. The summed E-state index contributed by atoms with van der Waals surface area (Å²) in [5.41, 5.74) is 2.53. The third kappa shape index (κ3) is 3.36. The summed E-state index contributed by atoms with van der Waals surface area (Å²) in [6, 6.07) is 11.3. The molecule has 0 atom stereocenters. The summed E-state index contributed by atoms with van der Waals surface area (Å²) >= 11 is 5.92. The molecule has 1 aliphatic rings. The Morgan fingerprint density at radius 1 is 1.22 bits per heavy atom. The molecule has 1 fully saturated rings. The lowest BCUT2D eigenvalue weighted by atomic mass is 10.1. The molecular weight excluding hydrogens is 367 g/mol. The minimum absolute atomic E-state index is 0.0385. The first kappa shape index (κ1) is 17.4. The maximum absolute atomic E-state index is 13.0. The Hall–Kier alpha value is -2.99. The van der Waals surface area contributed by atoms with Gasteiger partial charge in [-0.15, -0.1) is 0 Å². The number of hydrogen-bond acceptors (Lipinski definition) is 3. The molecule has 3 aromatic rings. The number of nitrogens with zero attached hydrogens (tertiary/aromatic N) is 4. The number of aromatic nitrogens is 3. The van der Waals surface area contributed by atoms with Crippen molar-refractivity contribution in [2.24, 2.45) is 0 Å². The first-order chi connectivity index (χ1) is 13.0. The van der Waals surface area contributed by atoms with E-state index in [0.717, 1.165) is 22.3 Å². The van der Waals surface area contributed by atoms with Crippen molar-refractivity contribution in [1.29, 1.82) is 0 Å². The summed E-state index contributed by atoms with van der Waals surface area (Å²) in [4.78, 5) is 17.5. The van der Waals surface area contributed by atoms with Gasteiger partial charge in [0, 0.05) is 29.7 Å². The van der Waals surface area contributed by atoms with Gasteiger partial charge >= 0.3 is 0 Å². The van der Waals surface area contributed by atoms with Gasteiger partial charge in [-0.25, -0.2) is 14.1 Å². The average molecular weight is 383 g/mol. The quantitative estimate of drug-likeness (QED) is 0.638. The van der Waals surface area contributed by atoms with Gasteiger partial charge in [0.05, 0.1) is 11.7 Å². The van der Waals surface area contributed by atoms with E-state index in [1.807, 2.05) is 53.2 Å². The smallest absolute Gasteiger partial charge is 0.282 e. The molecule has 0 unspecified atom stereocenters. The Morgan fingerprint density at radius 2 is 1.96 bits per heavy atom. The third-order valence-electron chi connectivity index (χ3n) is 4.53. The van der Waals surface area contributed by atoms with Crippen molar-refractivity contribution in [3.63, 3.8) is 0 Å². The number of pyridine rings is 1. The highest BCUT2D eigenvalue weighted by Gasteiger charge is 2.35. The molecule has 2 aromatic heterocycles. The van der Waals surface area contributed by atoms with E-state index < -0.39 is 11.7 Å². The number of hydrogen-bond donors (Lipinski definition) is 0. The van der Waals surface area contributed by atoms with Gasteiger partial charge in [0.25, 0.3) is 5.91 Å². The molecule has 1 amide bonds.